The molecule has 2 heteroatoms. The molecule has 16 heavy (non-hydrogen) atoms. The molecule has 0 amide bonds. The smallest absolute Gasteiger partial charge is 0.141 e. The lowest BCUT2D eigenvalue weighted by molar-refractivity contribution is -0.127. The highest BCUT2D eigenvalue weighted by Crippen LogP contribution is 2.41. The van der Waals surface area contributed by atoms with Crippen LogP contribution in [-0.2, 0) is 11.2 Å². The average molecular weight is 236 g/mol. The van der Waals surface area contributed by atoms with Crippen LogP contribution < -0.4 is 0 Å². The summed E-state index contributed by atoms with van der Waals surface area (Å²) in [6.45, 7) is 4.51. The van der Waals surface area contributed by atoms with Gasteiger partial charge in [0.15, 0.2) is 0 Å². The number of thiophene rings is 1. The molecule has 1 aromatic rings. The predicted octanol–water partition coefficient (Wildman–Crippen LogP) is 4.08. The molecule has 1 atom stereocenters. The molecule has 2 rings (SSSR count). The maximum Gasteiger partial charge on any atom is 0.141 e. The third-order valence-corrected chi connectivity index (χ3v) is 4.70. The van der Waals surface area contributed by atoms with Crippen molar-refractivity contribution in [2.24, 2.45) is 11.3 Å². The highest BCUT2D eigenvalue weighted by Gasteiger charge is 2.36. The minimum Gasteiger partial charge on any atom is -0.299 e. The first kappa shape index (κ1) is 11.8. The fraction of sp³-hybridized carbons (Fsp3) is 0.643. The molecular formula is C14H20OS. The van der Waals surface area contributed by atoms with E-state index in [0.717, 1.165) is 6.42 Å². The van der Waals surface area contributed by atoms with Gasteiger partial charge in [-0.1, -0.05) is 32.8 Å². The van der Waals surface area contributed by atoms with Gasteiger partial charge in [-0.3, -0.25) is 4.79 Å². The van der Waals surface area contributed by atoms with E-state index in [4.69, 9.17) is 0 Å². The Labute approximate surface area is 102 Å². The van der Waals surface area contributed by atoms with Crippen molar-refractivity contribution in [1.82, 2.24) is 0 Å². The van der Waals surface area contributed by atoms with Crippen LogP contribution in [0.1, 0.15) is 44.4 Å². The van der Waals surface area contributed by atoms with Gasteiger partial charge < -0.3 is 0 Å². The van der Waals surface area contributed by atoms with Crippen molar-refractivity contribution in [2.45, 2.75) is 46.0 Å². The summed E-state index contributed by atoms with van der Waals surface area (Å²) in [6.07, 6.45) is 5.46. The Kier molecular flexibility index (Phi) is 3.48. The summed E-state index contributed by atoms with van der Waals surface area (Å²) < 4.78 is 0. The first-order chi connectivity index (χ1) is 7.59. The van der Waals surface area contributed by atoms with Gasteiger partial charge >= 0.3 is 0 Å². The summed E-state index contributed by atoms with van der Waals surface area (Å²) in [7, 11) is 0. The van der Waals surface area contributed by atoms with Crippen LogP contribution >= 0.6 is 11.3 Å². The van der Waals surface area contributed by atoms with Crippen molar-refractivity contribution in [1.29, 1.82) is 0 Å². The Morgan fingerprint density at radius 2 is 2.31 bits per heavy atom. The lowest BCUT2D eigenvalue weighted by Crippen LogP contribution is -2.34. The first-order valence-corrected chi connectivity index (χ1v) is 7.03. The second-order valence-electron chi connectivity index (χ2n) is 5.51. The Morgan fingerprint density at radius 1 is 1.50 bits per heavy atom. The largest absolute Gasteiger partial charge is 0.299 e. The molecule has 1 aliphatic rings. The van der Waals surface area contributed by atoms with E-state index >= 15 is 0 Å². The van der Waals surface area contributed by atoms with Crippen LogP contribution in [0.25, 0.3) is 0 Å². The third kappa shape index (κ3) is 2.54. The van der Waals surface area contributed by atoms with E-state index < -0.39 is 0 Å². The van der Waals surface area contributed by atoms with Gasteiger partial charge in [-0.15, -0.1) is 11.3 Å². The summed E-state index contributed by atoms with van der Waals surface area (Å²) in [5.74, 6) is 0.732. The Morgan fingerprint density at radius 3 is 2.94 bits per heavy atom. The fourth-order valence-corrected chi connectivity index (χ4v) is 3.51. The van der Waals surface area contributed by atoms with Crippen molar-refractivity contribution in [2.75, 3.05) is 0 Å². The molecule has 1 saturated carbocycles. The van der Waals surface area contributed by atoms with Gasteiger partial charge in [0.2, 0.25) is 0 Å². The molecule has 0 N–H and O–H groups in total. The zero-order valence-electron chi connectivity index (χ0n) is 10.2. The van der Waals surface area contributed by atoms with Gasteiger partial charge in [0.05, 0.1) is 0 Å². The third-order valence-electron chi connectivity index (χ3n) is 3.82. The molecule has 0 spiro atoms. The van der Waals surface area contributed by atoms with Gasteiger partial charge in [-0.05, 0) is 29.7 Å². The summed E-state index contributed by atoms with van der Waals surface area (Å²) in [6, 6.07) is 4.09. The number of carbonyl (C=O) groups excluding carboxylic acids is 1. The number of hydrogen-bond donors (Lipinski definition) is 0. The fourth-order valence-electron chi connectivity index (χ4n) is 2.80. The van der Waals surface area contributed by atoms with Crippen LogP contribution in [0.3, 0.4) is 0 Å². The monoisotopic (exact) mass is 236 g/mol. The normalized spacial score (nSPS) is 24.2. The summed E-state index contributed by atoms with van der Waals surface area (Å²) >= 11 is 1.69. The van der Waals surface area contributed by atoms with Crippen LogP contribution in [0.5, 0.6) is 0 Å². The van der Waals surface area contributed by atoms with Crippen LogP contribution in [0, 0.1) is 11.3 Å². The molecular weight excluding hydrogens is 216 g/mol. The van der Waals surface area contributed by atoms with E-state index in [0.29, 0.717) is 12.2 Å². The molecule has 1 fully saturated rings. The van der Waals surface area contributed by atoms with Gasteiger partial charge in [0.25, 0.3) is 0 Å². The van der Waals surface area contributed by atoms with Gasteiger partial charge in [-0.2, -0.15) is 0 Å². The predicted molar refractivity (Wildman–Crippen MR) is 68.8 cm³/mol. The molecule has 1 aliphatic carbocycles. The molecule has 0 bridgehead atoms. The summed E-state index contributed by atoms with van der Waals surface area (Å²) in [5, 5.41) is 2.05. The van der Waals surface area contributed by atoms with Gasteiger partial charge in [0.1, 0.15) is 5.78 Å². The quantitative estimate of drug-likeness (QED) is 0.773. The Balaban J connectivity index is 2.03. The standard InChI is InChI=1S/C14H20OS/c1-14(2)8-4-3-7-12(14)13(15)10-11-6-5-9-16-11/h5-6,9,12H,3-4,7-8,10H2,1-2H3. The lowest BCUT2D eigenvalue weighted by Gasteiger charge is -2.37. The molecule has 0 saturated heterocycles. The van der Waals surface area contributed by atoms with Crippen molar-refractivity contribution in [3.63, 3.8) is 0 Å². The Bertz CT molecular complexity index is 351. The highest BCUT2D eigenvalue weighted by atomic mass is 32.1. The van der Waals surface area contributed by atoms with E-state index in [1.54, 1.807) is 11.3 Å². The maximum absolute atomic E-state index is 12.3. The molecule has 0 aliphatic heterocycles. The molecule has 88 valence electrons. The van der Waals surface area contributed by atoms with Gasteiger partial charge in [-0.25, -0.2) is 0 Å². The summed E-state index contributed by atoms with van der Waals surface area (Å²) in [5.41, 5.74) is 0.215. The van der Waals surface area contributed by atoms with E-state index in [2.05, 4.69) is 25.3 Å². The van der Waals surface area contributed by atoms with E-state index in [-0.39, 0.29) is 11.3 Å². The molecule has 1 nitrogen and oxygen atoms in total. The number of hydrogen-bond acceptors (Lipinski definition) is 2. The van der Waals surface area contributed by atoms with Crippen molar-refractivity contribution in [3.05, 3.63) is 22.4 Å². The van der Waals surface area contributed by atoms with Crippen molar-refractivity contribution >= 4 is 17.1 Å². The van der Waals surface area contributed by atoms with Crippen LogP contribution in [0.15, 0.2) is 17.5 Å². The number of carbonyl (C=O) groups is 1. The van der Waals surface area contributed by atoms with Crippen LogP contribution in [0.2, 0.25) is 0 Å². The number of ketones is 1. The van der Waals surface area contributed by atoms with Crippen molar-refractivity contribution in [3.8, 4) is 0 Å². The highest BCUT2D eigenvalue weighted by molar-refractivity contribution is 7.10. The van der Waals surface area contributed by atoms with E-state index in [1.807, 2.05) is 6.07 Å². The molecule has 0 aromatic carbocycles. The van der Waals surface area contributed by atoms with Crippen LogP contribution in [-0.4, -0.2) is 5.78 Å². The second-order valence-corrected chi connectivity index (χ2v) is 6.54. The zero-order chi connectivity index (χ0) is 11.6. The van der Waals surface area contributed by atoms with Gasteiger partial charge in [0, 0.05) is 17.2 Å². The van der Waals surface area contributed by atoms with Crippen LogP contribution in [0.4, 0.5) is 0 Å². The molecule has 1 aromatic heterocycles. The minimum absolute atomic E-state index is 0.215. The second kappa shape index (κ2) is 4.70. The molecule has 1 heterocycles. The molecule has 1 unspecified atom stereocenters. The Hall–Kier alpha value is -0.630. The lowest BCUT2D eigenvalue weighted by atomic mass is 9.67. The first-order valence-electron chi connectivity index (χ1n) is 6.15. The summed E-state index contributed by atoms with van der Waals surface area (Å²) in [4.78, 5) is 13.5. The average Bonchev–Trinajstić information content (AvgIpc) is 2.69. The number of Topliss-reactive ketones (excluding diaryl/α,β-unsaturated/α-hetero) is 1. The zero-order valence-corrected chi connectivity index (χ0v) is 11.0. The minimum atomic E-state index is 0.215. The van der Waals surface area contributed by atoms with Crippen molar-refractivity contribution < 1.29 is 4.79 Å². The maximum atomic E-state index is 12.3. The molecule has 0 radical (unpaired) electrons. The number of rotatable bonds is 3. The SMILES string of the molecule is CC1(C)CCCCC1C(=O)Cc1cccs1. The topological polar surface area (TPSA) is 17.1 Å². The van der Waals surface area contributed by atoms with E-state index in [1.165, 1.54) is 24.1 Å². The van der Waals surface area contributed by atoms with E-state index in [9.17, 15) is 4.79 Å².